The fourth-order valence-electron chi connectivity index (χ4n) is 2.97. The molecule has 2 amide bonds. The average molecular weight is 391 g/mol. The summed E-state index contributed by atoms with van der Waals surface area (Å²) in [7, 11) is 1.84. The predicted molar refractivity (Wildman–Crippen MR) is 95.9 cm³/mol. The van der Waals surface area contributed by atoms with Crippen LogP contribution < -0.4 is 10.2 Å². The average Bonchev–Trinajstić information content (AvgIpc) is 3.03. The van der Waals surface area contributed by atoms with E-state index in [1.165, 1.54) is 0 Å². The molecule has 24 heavy (non-hydrogen) atoms. The van der Waals surface area contributed by atoms with Crippen LogP contribution in [0.1, 0.15) is 17.8 Å². The third-order valence-electron chi connectivity index (χ3n) is 4.40. The molecule has 1 unspecified atom stereocenters. The smallest absolute Gasteiger partial charge is 0.229 e. The lowest BCUT2D eigenvalue weighted by molar-refractivity contribution is -0.122. The molecule has 0 bridgehead atoms. The van der Waals surface area contributed by atoms with E-state index in [2.05, 4.69) is 26.3 Å². The molecule has 2 heterocycles. The van der Waals surface area contributed by atoms with E-state index in [4.69, 9.17) is 0 Å². The number of nitrogens with zero attached hydrogens (tertiary/aromatic N) is 3. The molecular weight excluding hydrogens is 372 g/mol. The second-order valence-corrected chi connectivity index (χ2v) is 6.87. The van der Waals surface area contributed by atoms with Gasteiger partial charge in [0.1, 0.15) is 0 Å². The quantitative estimate of drug-likeness (QED) is 0.875. The maximum absolute atomic E-state index is 12.6. The van der Waals surface area contributed by atoms with Crippen LogP contribution in [0.4, 0.5) is 11.4 Å². The van der Waals surface area contributed by atoms with Crippen LogP contribution in [0.3, 0.4) is 0 Å². The van der Waals surface area contributed by atoms with Crippen molar-refractivity contribution in [3.8, 4) is 0 Å². The number of rotatable bonds is 3. The van der Waals surface area contributed by atoms with Gasteiger partial charge in [-0.25, -0.2) is 0 Å². The summed E-state index contributed by atoms with van der Waals surface area (Å²) in [5.41, 5.74) is 3.20. The van der Waals surface area contributed by atoms with Crippen LogP contribution in [0, 0.1) is 19.8 Å². The highest BCUT2D eigenvalue weighted by molar-refractivity contribution is 9.10. The van der Waals surface area contributed by atoms with Crippen molar-refractivity contribution in [1.29, 1.82) is 0 Å². The molecule has 1 aliphatic rings. The number of carbonyl (C=O) groups is 2. The Kier molecular flexibility index (Phi) is 4.45. The largest absolute Gasteiger partial charge is 0.323 e. The van der Waals surface area contributed by atoms with Crippen molar-refractivity contribution in [1.82, 2.24) is 9.78 Å². The van der Waals surface area contributed by atoms with Gasteiger partial charge in [0.25, 0.3) is 0 Å². The highest BCUT2D eigenvalue weighted by Gasteiger charge is 2.36. The first kappa shape index (κ1) is 16.7. The summed E-state index contributed by atoms with van der Waals surface area (Å²) in [4.78, 5) is 26.6. The second-order valence-electron chi connectivity index (χ2n) is 6.02. The van der Waals surface area contributed by atoms with E-state index < -0.39 is 0 Å². The molecule has 0 aliphatic carbocycles. The van der Waals surface area contributed by atoms with Crippen molar-refractivity contribution < 1.29 is 9.59 Å². The maximum Gasteiger partial charge on any atom is 0.229 e. The van der Waals surface area contributed by atoms with Crippen LogP contribution in [-0.2, 0) is 16.6 Å². The zero-order chi connectivity index (χ0) is 17.4. The van der Waals surface area contributed by atoms with Crippen LogP contribution in [-0.4, -0.2) is 28.1 Å². The van der Waals surface area contributed by atoms with Gasteiger partial charge in [-0.1, -0.05) is 12.1 Å². The lowest BCUT2D eigenvalue weighted by Crippen LogP contribution is -2.28. The topological polar surface area (TPSA) is 67.2 Å². The molecule has 6 nitrogen and oxygen atoms in total. The van der Waals surface area contributed by atoms with Crippen molar-refractivity contribution >= 4 is 39.1 Å². The van der Waals surface area contributed by atoms with Crippen LogP contribution in [0.15, 0.2) is 28.7 Å². The first-order valence-corrected chi connectivity index (χ1v) is 8.53. The molecule has 1 atom stereocenters. The zero-order valence-electron chi connectivity index (χ0n) is 13.8. The number of aryl methyl sites for hydroxylation is 2. The van der Waals surface area contributed by atoms with Gasteiger partial charge in [0.05, 0.1) is 28.7 Å². The molecule has 126 valence electrons. The van der Waals surface area contributed by atoms with E-state index in [0.29, 0.717) is 6.54 Å². The molecule has 3 rings (SSSR count). The van der Waals surface area contributed by atoms with Gasteiger partial charge in [-0.15, -0.1) is 0 Å². The van der Waals surface area contributed by atoms with E-state index in [-0.39, 0.29) is 24.2 Å². The van der Waals surface area contributed by atoms with Crippen LogP contribution in [0.5, 0.6) is 0 Å². The summed E-state index contributed by atoms with van der Waals surface area (Å²) in [6, 6.07) is 7.53. The SMILES string of the molecule is Cc1nn(C)c(C)c1NC(=O)C1CC(=O)N(c2ccccc2Br)C1. The minimum atomic E-state index is -0.372. The van der Waals surface area contributed by atoms with Crippen LogP contribution in [0.25, 0.3) is 0 Å². The number of anilines is 2. The number of amides is 2. The van der Waals surface area contributed by atoms with Gasteiger partial charge in [-0.05, 0) is 41.9 Å². The standard InChI is InChI=1S/C17H19BrN4O2/c1-10-16(11(2)21(3)20-10)19-17(24)12-8-15(23)22(9-12)14-7-5-4-6-13(14)18/h4-7,12H,8-9H2,1-3H3,(H,19,24). The lowest BCUT2D eigenvalue weighted by Gasteiger charge is -2.18. The lowest BCUT2D eigenvalue weighted by atomic mass is 10.1. The van der Waals surface area contributed by atoms with Crippen molar-refractivity contribution in [3.63, 3.8) is 0 Å². The fraction of sp³-hybridized carbons (Fsp3) is 0.353. The molecular formula is C17H19BrN4O2. The predicted octanol–water partition coefficient (Wildman–Crippen LogP) is 2.79. The third-order valence-corrected chi connectivity index (χ3v) is 5.07. The summed E-state index contributed by atoms with van der Waals surface area (Å²) in [5.74, 6) is -0.553. The number of carbonyl (C=O) groups excluding carboxylic acids is 2. The number of nitrogens with one attached hydrogen (secondary N) is 1. The van der Waals surface area contributed by atoms with E-state index in [0.717, 1.165) is 27.2 Å². The summed E-state index contributed by atoms with van der Waals surface area (Å²) in [6.45, 7) is 4.14. The van der Waals surface area contributed by atoms with Crippen LogP contribution >= 0.6 is 15.9 Å². The van der Waals surface area contributed by atoms with E-state index in [1.54, 1.807) is 9.58 Å². The first-order chi connectivity index (χ1) is 11.4. The molecule has 1 aliphatic heterocycles. The van der Waals surface area contributed by atoms with Crippen molar-refractivity contribution in [2.24, 2.45) is 13.0 Å². The summed E-state index contributed by atoms with van der Waals surface area (Å²) >= 11 is 3.46. The minimum absolute atomic E-state index is 0.0401. The molecule has 0 radical (unpaired) electrons. The maximum atomic E-state index is 12.6. The van der Waals surface area contributed by atoms with E-state index in [9.17, 15) is 9.59 Å². The Labute approximate surface area is 149 Å². The Morgan fingerprint density at radius 3 is 2.67 bits per heavy atom. The number of halogens is 1. The Morgan fingerprint density at radius 2 is 2.04 bits per heavy atom. The van der Waals surface area contributed by atoms with Gasteiger partial charge in [0, 0.05) is 24.5 Å². The Hall–Kier alpha value is -2.15. The molecule has 0 spiro atoms. The monoisotopic (exact) mass is 390 g/mol. The van der Waals surface area contributed by atoms with E-state index in [1.807, 2.05) is 45.2 Å². The van der Waals surface area contributed by atoms with Gasteiger partial charge in [0.15, 0.2) is 0 Å². The minimum Gasteiger partial charge on any atom is -0.323 e. The van der Waals surface area contributed by atoms with Gasteiger partial charge in [0.2, 0.25) is 11.8 Å². The summed E-state index contributed by atoms with van der Waals surface area (Å²) < 4.78 is 2.58. The summed E-state index contributed by atoms with van der Waals surface area (Å²) in [5, 5.41) is 7.23. The molecule has 1 saturated heterocycles. The van der Waals surface area contributed by atoms with E-state index >= 15 is 0 Å². The molecule has 7 heteroatoms. The number of aromatic nitrogens is 2. The zero-order valence-corrected chi connectivity index (χ0v) is 15.4. The Morgan fingerprint density at radius 1 is 1.33 bits per heavy atom. The first-order valence-electron chi connectivity index (χ1n) is 7.74. The van der Waals surface area contributed by atoms with Crippen molar-refractivity contribution in [3.05, 3.63) is 40.1 Å². The summed E-state index contributed by atoms with van der Waals surface area (Å²) in [6.07, 6.45) is 0.214. The molecule has 1 aromatic heterocycles. The van der Waals surface area contributed by atoms with Gasteiger partial charge in [-0.3, -0.25) is 14.3 Å². The van der Waals surface area contributed by atoms with Gasteiger partial charge >= 0.3 is 0 Å². The van der Waals surface area contributed by atoms with Gasteiger partial charge in [-0.2, -0.15) is 5.10 Å². The Balaban J connectivity index is 1.76. The van der Waals surface area contributed by atoms with Crippen molar-refractivity contribution in [2.75, 3.05) is 16.8 Å². The number of hydrogen-bond donors (Lipinski definition) is 1. The second kappa shape index (κ2) is 6.39. The molecule has 1 aromatic carbocycles. The Bertz CT molecular complexity index is 815. The molecule has 2 aromatic rings. The third kappa shape index (κ3) is 2.96. The molecule has 1 fully saturated rings. The number of benzene rings is 1. The van der Waals surface area contributed by atoms with Gasteiger partial charge < -0.3 is 10.2 Å². The normalized spacial score (nSPS) is 17.4. The highest BCUT2D eigenvalue weighted by atomic mass is 79.9. The van der Waals surface area contributed by atoms with Crippen molar-refractivity contribution in [2.45, 2.75) is 20.3 Å². The number of para-hydroxylation sites is 1. The molecule has 0 saturated carbocycles. The fourth-order valence-corrected chi connectivity index (χ4v) is 3.47. The van der Waals surface area contributed by atoms with Crippen LogP contribution in [0.2, 0.25) is 0 Å². The number of hydrogen-bond acceptors (Lipinski definition) is 3. The highest BCUT2D eigenvalue weighted by Crippen LogP contribution is 2.32. The molecule has 1 N–H and O–H groups in total.